The summed E-state index contributed by atoms with van der Waals surface area (Å²) in [6, 6.07) is 58.1. The first-order chi connectivity index (χ1) is 26.0. The van der Waals surface area contributed by atoms with E-state index in [0.29, 0.717) is 17.5 Å². The Labute approximate surface area is 307 Å². The molecule has 2 heterocycles. The van der Waals surface area contributed by atoms with Crippen LogP contribution in [0.5, 0.6) is 0 Å². The Morgan fingerprint density at radius 2 is 0.925 bits per heavy atom. The highest BCUT2D eigenvalue weighted by molar-refractivity contribution is 6.08. The number of benzene rings is 7. The zero-order valence-electron chi connectivity index (χ0n) is 29.3. The van der Waals surface area contributed by atoms with Crippen molar-refractivity contribution in [1.29, 1.82) is 0 Å². The number of hydrogen-bond donors (Lipinski definition) is 0. The second-order valence-electron chi connectivity index (χ2n) is 14.7. The Hall–Kier alpha value is -6.65. The molecule has 250 valence electrons. The highest BCUT2D eigenvalue weighted by Crippen LogP contribution is 2.63. The van der Waals surface area contributed by atoms with Crippen LogP contribution in [0.15, 0.2) is 168 Å². The maximum atomic E-state index is 7.00. The van der Waals surface area contributed by atoms with Crippen LogP contribution in [-0.2, 0) is 10.8 Å². The topological polar surface area (TPSA) is 51.8 Å². The van der Waals surface area contributed by atoms with Gasteiger partial charge < -0.3 is 4.42 Å². The molecule has 0 radical (unpaired) electrons. The fourth-order valence-corrected chi connectivity index (χ4v) is 9.30. The Balaban J connectivity index is 1.17. The van der Waals surface area contributed by atoms with Gasteiger partial charge in [0.05, 0.1) is 5.41 Å². The summed E-state index contributed by atoms with van der Waals surface area (Å²) >= 11 is 0. The van der Waals surface area contributed by atoms with E-state index in [2.05, 4.69) is 117 Å². The molecule has 0 N–H and O–H groups in total. The summed E-state index contributed by atoms with van der Waals surface area (Å²) in [4.78, 5) is 15.0. The number of fused-ring (bicyclic) bond motifs is 13. The number of aromatic nitrogens is 3. The van der Waals surface area contributed by atoms with E-state index in [9.17, 15) is 0 Å². The van der Waals surface area contributed by atoms with Crippen LogP contribution in [0.2, 0.25) is 0 Å². The van der Waals surface area contributed by atoms with E-state index < -0.39 is 5.41 Å². The summed E-state index contributed by atoms with van der Waals surface area (Å²) in [5.41, 5.74) is 14.2. The minimum atomic E-state index is -0.473. The van der Waals surface area contributed by atoms with Crippen LogP contribution in [0.25, 0.3) is 67.2 Å². The predicted molar refractivity (Wildman–Crippen MR) is 213 cm³/mol. The highest BCUT2D eigenvalue weighted by Gasteiger charge is 2.54. The maximum Gasteiger partial charge on any atom is 0.164 e. The van der Waals surface area contributed by atoms with E-state index in [0.717, 1.165) is 38.6 Å². The first-order valence-electron chi connectivity index (χ1n) is 18.2. The molecule has 2 aliphatic rings. The van der Waals surface area contributed by atoms with Gasteiger partial charge in [0.25, 0.3) is 0 Å². The van der Waals surface area contributed by atoms with E-state index in [1.54, 1.807) is 0 Å². The molecule has 2 aromatic heterocycles. The minimum absolute atomic E-state index is 0.330. The molecule has 2 aliphatic carbocycles. The lowest BCUT2D eigenvalue weighted by Gasteiger charge is -2.46. The predicted octanol–water partition coefficient (Wildman–Crippen LogP) is 11.8. The summed E-state index contributed by atoms with van der Waals surface area (Å²) in [5, 5.41) is 2.13. The van der Waals surface area contributed by atoms with Crippen LogP contribution < -0.4 is 0 Å². The monoisotopic (exact) mass is 679 g/mol. The van der Waals surface area contributed by atoms with Crippen molar-refractivity contribution in [2.75, 3.05) is 0 Å². The third-order valence-corrected chi connectivity index (χ3v) is 11.6. The molecule has 7 aromatic carbocycles. The molecule has 11 rings (SSSR count). The minimum Gasteiger partial charge on any atom is -0.456 e. The van der Waals surface area contributed by atoms with Gasteiger partial charge in [0.1, 0.15) is 11.2 Å². The number of nitrogens with zero attached hydrogens (tertiary/aromatic N) is 3. The Kier molecular flexibility index (Phi) is 6.19. The normalized spacial score (nSPS) is 14.5. The van der Waals surface area contributed by atoms with E-state index >= 15 is 0 Å². The molecule has 53 heavy (non-hydrogen) atoms. The van der Waals surface area contributed by atoms with Gasteiger partial charge >= 0.3 is 0 Å². The molecule has 1 spiro atoms. The molecule has 4 nitrogen and oxygen atoms in total. The van der Waals surface area contributed by atoms with Crippen molar-refractivity contribution >= 4 is 21.9 Å². The molecule has 0 atom stereocenters. The molecule has 0 bridgehead atoms. The molecular formula is C49H33N3O. The van der Waals surface area contributed by atoms with Gasteiger partial charge in [-0.05, 0) is 57.1 Å². The Bertz CT molecular complexity index is 2820. The van der Waals surface area contributed by atoms with Crippen molar-refractivity contribution < 1.29 is 4.42 Å². The third kappa shape index (κ3) is 4.09. The van der Waals surface area contributed by atoms with Gasteiger partial charge in [0.15, 0.2) is 17.5 Å². The van der Waals surface area contributed by atoms with Crippen LogP contribution in [0.1, 0.15) is 47.2 Å². The van der Waals surface area contributed by atoms with E-state index in [-0.39, 0.29) is 5.41 Å². The van der Waals surface area contributed by atoms with Gasteiger partial charge in [0, 0.05) is 38.4 Å². The van der Waals surface area contributed by atoms with Gasteiger partial charge in [-0.3, -0.25) is 0 Å². The van der Waals surface area contributed by atoms with Gasteiger partial charge in [-0.1, -0.05) is 159 Å². The Morgan fingerprint density at radius 1 is 0.415 bits per heavy atom. The van der Waals surface area contributed by atoms with Crippen LogP contribution in [0.3, 0.4) is 0 Å². The number of rotatable bonds is 3. The molecule has 4 heteroatoms. The summed E-state index contributed by atoms with van der Waals surface area (Å²) < 4.78 is 7.00. The number of furan rings is 1. The Morgan fingerprint density at radius 3 is 1.53 bits per heavy atom. The van der Waals surface area contributed by atoms with Crippen LogP contribution in [0.4, 0.5) is 0 Å². The van der Waals surface area contributed by atoms with E-state index in [1.165, 1.54) is 44.5 Å². The summed E-state index contributed by atoms with van der Waals surface area (Å²) in [5.74, 6) is 1.91. The molecule has 0 fully saturated rings. The van der Waals surface area contributed by atoms with Crippen molar-refractivity contribution in [3.63, 3.8) is 0 Å². The second kappa shape index (κ2) is 10.9. The SMILES string of the molecule is CC1(C)c2ccccc2C2(c3ccccc3-c3ccccc32)c2ccc3c(oc4ccc(-c5nc(-c6ccccc6)nc(-c6ccccc6)n5)cc43)c21. The summed E-state index contributed by atoms with van der Waals surface area (Å²) in [7, 11) is 0. The third-order valence-electron chi connectivity index (χ3n) is 11.6. The molecule has 0 unspecified atom stereocenters. The second-order valence-corrected chi connectivity index (χ2v) is 14.7. The summed E-state index contributed by atoms with van der Waals surface area (Å²) in [6.07, 6.45) is 0. The quantitative estimate of drug-likeness (QED) is 0.186. The molecule has 0 amide bonds. The average molecular weight is 680 g/mol. The lowest BCUT2D eigenvalue weighted by Crippen LogP contribution is -2.40. The van der Waals surface area contributed by atoms with Crippen molar-refractivity contribution in [3.8, 4) is 45.3 Å². The molecule has 0 aliphatic heterocycles. The standard InChI is InChI=1S/C49H33N3O/c1-48(2)39-23-13-14-24-40(39)49(37-21-11-9-19-33(37)34-20-10-12-22-38(34)49)41-27-26-35-36-29-32(25-28-42(36)53-44(35)43(41)48)47-51-45(30-15-5-3-6-16-30)50-46(52-47)31-17-7-4-8-18-31/h3-29H,1-2H3. The number of hydrogen-bond acceptors (Lipinski definition) is 4. The van der Waals surface area contributed by atoms with Crippen molar-refractivity contribution in [2.45, 2.75) is 24.7 Å². The zero-order chi connectivity index (χ0) is 35.3. The first-order valence-corrected chi connectivity index (χ1v) is 18.2. The van der Waals surface area contributed by atoms with Crippen molar-refractivity contribution in [2.24, 2.45) is 0 Å². The largest absolute Gasteiger partial charge is 0.456 e. The molecule has 0 saturated carbocycles. The fraction of sp³-hybridized carbons (Fsp3) is 0.0816. The maximum absolute atomic E-state index is 7.00. The molecule has 9 aromatic rings. The van der Waals surface area contributed by atoms with Gasteiger partial charge in [-0.2, -0.15) is 0 Å². The average Bonchev–Trinajstić information content (AvgIpc) is 3.74. The van der Waals surface area contributed by atoms with E-state index in [1.807, 2.05) is 60.7 Å². The smallest absolute Gasteiger partial charge is 0.164 e. The van der Waals surface area contributed by atoms with Crippen LogP contribution in [0, 0.1) is 0 Å². The summed E-state index contributed by atoms with van der Waals surface area (Å²) in [6.45, 7) is 4.70. The van der Waals surface area contributed by atoms with Crippen LogP contribution >= 0.6 is 0 Å². The zero-order valence-corrected chi connectivity index (χ0v) is 29.3. The lowest BCUT2D eigenvalue weighted by molar-refractivity contribution is 0.551. The first kappa shape index (κ1) is 30.0. The fourth-order valence-electron chi connectivity index (χ4n) is 9.30. The van der Waals surface area contributed by atoms with Crippen molar-refractivity contribution in [3.05, 3.63) is 197 Å². The molecular weight excluding hydrogens is 647 g/mol. The highest BCUT2D eigenvalue weighted by atomic mass is 16.3. The lowest BCUT2D eigenvalue weighted by atomic mass is 9.55. The van der Waals surface area contributed by atoms with Gasteiger partial charge in [-0.15, -0.1) is 0 Å². The van der Waals surface area contributed by atoms with E-state index in [4.69, 9.17) is 19.4 Å². The van der Waals surface area contributed by atoms with Gasteiger partial charge in [-0.25, -0.2) is 15.0 Å². The van der Waals surface area contributed by atoms with Crippen molar-refractivity contribution in [1.82, 2.24) is 15.0 Å². The van der Waals surface area contributed by atoms with Crippen LogP contribution in [-0.4, -0.2) is 15.0 Å². The molecule has 0 saturated heterocycles. The van der Waals surface area contributed by atoms with Gasteiger partial charge in [0.2, 0.25) is 0 Å².